The molecule has 0 aliphatic heterocycles. The summed E-state index contributed by atoms with van der Waals surface area (Å²) in [6, 6.07) is 17.6. The number of benzene rings is 2. The maximum Gasteiger partial charge on any atom is 0.276 e. The van der Waals surface area contributed by atoms with Crippen molar-refractivity contribution < 1.29 is 9.53 Å². The molecule has 0 saturated carbocycles. The van der Waals surface area contributed by atoms with E-state index in [2.05, 4.69) is 36.4 Å². The largest absolute Gasteiger partial charge is 0.497 e. The second-order valence-electron chi connectivity index (χ2n) is 8.31. The van der Waals surface area contributed by atoms with Crippen molar-refractivity contribution >= 4 is 11.4 Å². The standard InChI is InChI=1S/C26H28N4O3/c1-18(2)20-7-9-21(10-8-20)23-16-24-26(32)29(13-14-30(24)28-23)12-11-25(31)27-17-19-5-4-6-22(15-19)33-3/h4-10,13-16,18H,11-12,17H2,1-3H3,(H,27,31). The van der Waals surface area contributed by atoms with E-state index >= 15 is 0 Å². The lowest BCUT2D eigenvalue weighted by atomic mass is 10.0. The van der Waals surface area contributed by atoms with Crippen molar-refractivity contribution in [3.8, 4) is 17.0 Å². The molecule has 2 aromatic heterocycles. The van der Waals surface area contributed by atoms with Crippen molar-refractivity contribution in [2.75, 3.05) is 7.11 Å². The highest BCUT2D eigenvalue weighted by Gasteiger charge is 2.11. The minimum atomic E-state index is -0.171. The van der Waals surface area contributed by atoms with Crippen LogP contribution in [0, 0.1) is 0 Å². The molecule has 170 valence electrons. The Morgan fingerprint density at radius 1 is 1.09 bits per heavy atom. The number of hydrogen-bond donors (Lipinski definition) is 1. The summed E-state index contributed by atoms with van der Waals surface area (Å²) in [6.07, 6.45) is 3.62. The lowest BCUT2D eigenvalue weighted by Gasteiger charge is -2.08. The zero-order chi connectivity index (χ0) is 23.4. The number of carbonyl (C=O) groups excluding carboxylic acids is 1. The smallest absolute Gasteiger partial charge is 0.276 e. The maximum atomic E-state index is 12.9. The molecular formula is C26H28N4O3. The third kappa shape index (κ3) is 5.14. The topological polar surface area (TPSA) is 77.6 Å². The Morgan fingerprint density at radius 3 is 2.61 bits per heavy atom. The zero-order valence-electron chi connectivity index (χ0n) is 19.1. The molecule has 1 amide bonds. The zero-order valence-corrected chi connectivity index (χ0v) is 19.1. The number of hydrogen-bond acceptors (Lipinski definition) is 4. The molecule has 2 heterocycles. The summed E-state index contributed by atoms with van der Waals surface area (Å²) in [5.41, 5.74) is 4.24. The lowest BCUT2D eigenvalue weighted by molar-refractivity contribution is -0.121. The van der Waals surface area contributed by atoms with Crippen LogP contribution in [0.15, 0.2) is 71.8 Å². The normalized spacial score (nSPS) is 11.2. The van der Waals surface area contributed by atoms with Crippen LogP contribution in [0.4, 0.5) is 0 Å². The van der Waals surface area contributed by atoms with Gasteiger partial charge in [0, 0.05) is 37.5 Å². The van der Waals surface area contributed by atoms with Crippen LogP contribution in [0.2, 0.25) is 0 Å². The van der Waals surface area contributed by atoms with E-state index in [4.69, 9.17) is 4.74 Å². The number of rotatable bonds is 8. The van der Waals surface area contributed by atoms with E-state index in [9.17, 15) is 9.59 Å². The lowest BCUT2D eigenvalue weighted by Crippen LogP contribution is -2.27. The summed E-state index contributed by atoms with van der Waals surface area (Å²) in [6.45, 7) is 5.01. The van der Waals surface area contributed by atoms with E-state index in [-0.39, 0.29) is 17.9 Å². The van der Waals surface area contributed by atoms with Crippen molar-refractivity contribution in [2.24, 2.45) is 0 Å². The Morgan fingerprint density at radius 2 is 1.88 bits per heavy atom. The van der Waals surface area contributed by atoms with Gasteiger partial charge >= 0.3 is 0 Å². The predicted molar refractivity (Wildman–Crippen MR) is 128 cm³/mol. The first-order valence-electron chi connectivity index (χ1n) is 11.0. The molecule has 33 heavy (non-hydrogen) atoms. The van der Waals surface area contributed by atoms with Gasteiger partial charge in [-0.05, 0) is 35.2 Å². The number of methoxy groups -OCH3 is 1. The monoisotopic (exact) mass is 444 g/mol. The second-order valence-corrected chi connectivity index (χ2v) is 8.31. The average Bonchev–Trinajstić information content (AvgIpc) is 3.28. The minimum Gasteiger partial charge on any atom is -0.497 e. The molecule has 0 unspecified atom stereocenters. The molecular weight excluding hydrogens is 416 g/mol. The van der Waals surface area contributed by atoms with Crippen molar-refractivity contribution in [1.29, 1.82) is 0 Å². The van der Waals surface area contributed by atoms with Gasteiger partial charge in [-0.1, -0.05) is 50.2 Å². The number of amides is 1. The van der Waals surface area contributed by atoms with Gasteiger partial charge < -0.3 is 14.6 Å². The van der Waals surface area contributed by atoms with Crippen LogP contribution in [-0.4, -0.2) is 27.2 Å². The van der Waals surface area contributed by atoms with Crippen LogP contribution < -0.4 is 15.6 Å². The van der Waals surface area contributed by atoms with E-state index in [1.807, 2.05) is 36.4 Å². The highest BCUT2D eigenvalue weighted by atomic mass is 16.5. The van der Waals surface area contributed by atoms with Crippen molar-refractivity contribution in [3.63, 3.8) is 0 Å². The number of fused-ring (bicyclic) bond motifs is 1. The molecule has 0 aliphatic carbocycles. The first kappa shape index (κ1) is 22.3. The first-order valence-corrected chi connectivity index (χ1v) is 11.0. The van der Waals surface area contributed by atoms with Crippen LogP contribution in [-0.2, 0) is 17.9 Å². The van der Waals surface area contributed by atoms with Crippen molar-refractivity contribution in [3.05, 3.63) is 88.5 Å². The van der Waals surface area contributed by atoms with E-state index in [0.717, 1.165) is 22.6 Å². The highest BCUT2D eigenvalue weighted by Crippen LogP contribution is 2.22. The SMILES string of the molecule is COc1cccc(CNC(=O)CCn2ccn3nc(-c4ccc(C(C)C)cc4)cc3c2=O)c1. The Hall–Kier alpha value is -3.87. The molecule has 0 atom stereocenters. The number of carbonyl (C=O) groups is 1. The Bertz CT molecular complexity index is 1320. The molecule has 1 N–H and O–H groups in total. The van der Waals surface area contributed by atoms with Crippen molar-refractivity contribution in [1.82, 2.24) is 19.5 Å². The molecule has 0 radical (unpaired) electrons. The number of nitrogens with one attached hydrogen (secondary N) is 1. The van der Waals surface area contributed by atoms with E-state index in [1.165, 1.54) is 5.56 Å². The van der Waals surface area contributed by atoms with E-state index in [0.29, 0.717) is 24.5 Å². The Kier molecular flexibility index (Phi) is 6.58. The molecule has 4 aromatic rings. The maximum absolute atomic E-state index is 12.9. The van der Waals surface area contributed by atoms with Crippen LogP contribution in [0.1, 0.15) is 37.3 Å². The number of aromatic nitrogens is 3. The minimum absolute atomic E-state index is 0.121. The van der Waals surface area contributed by atoms with Gasteiger partial charge in [0.15, 0.2) is 0 Å². The van der Waals surface area contributed by atoms with Gasteiger partial charge in [-0.25, -0.2) is 4.52 Å². The quantitative estimate of drug-likeness (QED) is 0.446. The fourth-order valence-corrected chi connectivity index (χ4v) is 3.68. The molecule has 0 saturated heterocycles. The van der Waals surface area contributed by atoms with Gasteiger partial charge in [0.25, 0.3) is 5.56 Å². The predicted octanol–water partition coefficient (Wildman–Crippen LogP) is 4.00. The molecule has 7 heteroatoms. The number of aryl methyl sites for hydroxylation is 1. The second kappa shape index (κ2) is 9.73. The van der Waals surface area contributed by atoms with Gasteiger partial charge in [0.1, 0.15) is 11.3 Å². The van der Waals surface area contributed by atoms with Crippen LogP contribution in [0.5, 0.6) is 5.75 Å². The van der Waals surface area contributed by atoms with Crippen LogP contribution in [0.25, 0.3) is 16.8 Å². The highest BCUT2D eigenvalue weighted by molar-refractivity contribution is 5.75. The summed E-state index contributed by atoms with van der Waals surface area (Å²) in [5.74, 6) is 1.08. The summed E-state index contributed by atoms with van der Waals surface area (Å²) in [4.78, 5) is 25.2. The molecule has 4 rings (SSSR count). The summed E-state index contributed by atoms with van der Waals surface area (Å²) in [5, 5.41) is 7.43. The summed E-state index contributed by atoms with van der Waals surface area (Å²) < 4.78 is 8.34. The third-order valence-electron chi connectivity index (χ3n) is 5.68. The molecule has 7 nitrogen and oxygen atoms in total. The molecule has 0 bridgehead atoms. The van der Waals surface area contributed by atoms with Gasteiger partial charge in [-0.2, -0.15) is 5.10 Å². The molecule has 0 spiro atoms. The first-order chi connectivity index (χ1) is 15.9. The number of nitrogens with zero attached hydrogens (tertiary/aromatic N) is 3. The molecule has 0 aliphatic rings. The fourth-order valence-electron chi connectivity index (χ4n) is 3.68. The average molecular weight is 445 g/mol. The van der Waals surface area contributed by atoms with Gasteiger partial charge in [-0.3, -0.25) is 9.59 Å². The fraction of sp³-hybridized carbons (Fsp3) is 0.269. The van der Waals surface area contributed by atoms with Crippen LogP contribution in [0.3, 0.4) is 0 Å². The summed E-state index contributed by atoms with van der Waals surface area (Å²) >= 11 is 0. The Balaban J connectivity index is 1.42. The van der Waals surface area contributed by atoms with E-state index in [1.54, 1.807) is 34.7 Å². The van der Waals surface area contributed by atoms with Crippen molar-refractivity contribution in [2.45, 2.75) is 39.3 Å². The molecule has 2 aromatic carbocycles. The van der Waals surface area contributed by atoms with Gasteiger partial charge in [0.2, 0.25) is 5.91 Å². The third-order valence-corrected chi connectivity index (χ3v) is 5.68. The van der Waals surface area contributed by atoms with Gasteiger partial charge in [-0.15, -0.1) is 0 Å². The van der Waals surface area contributed by atoms with E-state index < -0.39 is 0 Å². The van der Waals surface area contributed by atoms with Crippen LogP contribution >= 0.6 is 0 Å². The molecule has 0 fully saturated rings. The Labute approximate surface area is 192 Å². The summed E-state index contributed by atoms with van der Waals surface area (Å²) in [7, 11) is 1.61. The van der Waals surface area contributed by atoms with Gasteiger partial charge in [0.05, 0.1) is 12.8 Å². The number of ether oxygens (including phenoxy) is 1.